The fraction of sp³-hybridized carbons (Fsp3) is 0.615. The maximum atomic E-state index is 13.4. The number of hydrogen-bond acceptors (Lipinski definition) is 4. The average molecular weight is 556 g/mol. The third-order valence-corrected chi connectivity index (χ3v) is 7.13. The van der Waals surface area contributed by atoms with Crippen molar-refractivity contribution in [2.45, 2.75) is 89.6 Å². The van der Waals surface area contributed by atoms with Gasteiger partial charge in [0.05, 0.1) is 16.8 Å². The van der Waals surface area contributed by atoms with Crippen LogP contribution in [0.1, 0.15) is 75.2 Å². The molecular weight excluding hydrogens is 519 g/mol. The third-order valence-electron chi connectivity index (χ3n) is 7.13. The van der Waals surface area contributed by atoms with Crippen molar-refractivity contribution < 1.29 is 37.5 Å². The zero-order valence-electron chi connectivity index (χ0n) is 22.2. The van der Waals surface area contributed by atoms with E-state index in [2.05, 4.69) is 21.3 Å². The Labute approximate surface area is 225 Å². The molecule has 1 saturated heterocycles. The first-order valence-corrected chi connectivity index (χ1v) is 13.2. The SMILES string of the molecule is CCC[C@@H]1C[C@H](NC(=O)O)CC[C@@H]1N1CC[C@H](NC(=O)c2cc(C(F)(F)F)ccc2NC(=O)NC(C)C)C1=O. The summed E-state index contributed by atoms with van der Waals surface area (Å²) < 4.78 is 40.2. The number of benzene rings is 1. The van der Waals surface area contributed by atoms with Crippen molar-refractivity contribution in [3.8, 4) is 0 Å². The van der Waals surface area contributed by atoms with Gasteiger partial charge in [-0.15, -0.1) is 0 Å². The molecule has 1 aromatic carbocycles. The zero-order chi connectivity index (χ0) is 28.9. The number of carbonyl (C=O) groups is 4. The van der Waals surface area contributed by atoms with E-state index in [9.17, 15) is 32.3 Å². The maximum Gasteiger partial charge on any atom is 0.416 e. The smallest absolute Gasteiger partial charge is 0.416 e. The number of rotatable bonds is 8. The van der Waals surface area contributed by atoms with Crippen LogP contribution in [0.4, 0.5) is 28.4 Å². The predicted molar refractivity (Wildman–Crippen MR) is 137 cm³/mol. The Balaban J connectivity index is 1.76. The number of alkyl halides is 3. The highest BCUT2D eigenvalue weighted by atomic mass is 19.4. The van der Waals surface area contributed by atoms with E-state index in [1.54, 1.807) is 18.7 Å². The molecule has 4 atom stereocenters. The second-order valence-electron chi connectivity index (χ2n) is 10.4. The minimum absolute atomic E-state index is 0.0812. The van der Waals surface area contributed by atoms with Gasteiger partial charge >= 0.3 is 18.3 Å². The van der Waals surface area contributed by atoms with Gasteiger partial charge in [0.25, 0.3) is 5.91 Å². The molecule has 1 heterocycles. The second kappa shape index (κ2) is 12.6. The van der Waals surface area contributed by atoms with Crippen LogP contribution in [0, 0.1) is 5.92 Å². The number of amides is 5. The molecule has 1 aromatic rings. The first-order valence-electron chi connectivity index (χ1n) is 13.2. The van der Waals surface area contributed by atoms with Crippen molar-refractivity contribution in [2.24, 2.45) is 5.92 Å². The summed E-state index contributed by atoms with van der Waals surface area (Å²) in [6, 6.07) is 0.280. The van der Waals surface area contributed by atoms with Crippen molar-refractivity contribution in [1.82, 2.24) is 20.9 Å². The molecule has 2 aliphatic rings. The summed E-state index contributed by atoms with van der Waals surface area (Å²) in [5.74, 6) is -1.14. The van der Waals surface area contributed by atoms with E-state index in [0.717, 1.165) is 25.0 Å². The average Bonchev–Trinajstić information content (AvgIpc) is 3.17. The largest absolute Gasteiger partial charge is 0.465 e. The molecule has 1 aliphatic heterocycles. The van der Waals surface area contributed by atoms with Crippen LogP contribution in [0.3, 0.4) is 0 Å². The van der Waals surface area contributed by atoms with Crippen LogP contribution in [0.15, 0.2) is 18.2 Å². The van der Waals surface area contributed by atoms with Crippen molar-refractivity contribution in [3.05, 3.63) is 29.3 Å². The van der Waals surface area contributed by atoms with E-state index < -0.39 is 41.4 Å². The second-order valence-corrected chi connectivity index (χ2v) is 10.4. The number of halogens is 3. The maximum absolute atomic E-state index is 13.4. The first-order chi connectivity index (χ1) is 18.3. The highest BCUT2D eigenvalue weighted by molar-refractivity contribution is 6.05. The summed E-state index contributed by atoms with van der Waals surface area (Å²) in [6.45, 7) is 5.80. The van der Waals surface area contributed by atoms with Crippen LogP contribution in [0.5, 0.6) is 0 Å². The van der Waals surface area contributed by atoms with E-state index in [1.165, 1.54) is 0 Å². The van der Waals surface area contributed by atoms with Crippen molar-refractivity contribution in [3.63, 3.8) is 0 Å². The van der Waals surface area contributed by atoms with Crippen LogP contribution in [-0.4, -0.2) is 64.7 Å². The van der Waals surface area contributed by atoms with Gasteiger partial charge in [-0.25, -0.2) is 9.59 Å². The summed E-state index contributed by atoms with van der Waals surface area (Å²) in [4.78, 5) is 51.5. The van der Waals surface area contributed by atoms with Crippen LogP contribution < -0.4 is 21.3 Å². The standard InChI is InChI=1S/C26H36F3N5O5/c1-4-5-15-12-17(31-25(38)39)7-9-21(15)34-11-10-20(23(34)36)32-22(35)18-13-16(26(27,28)29)6-8-19(18)33-24(37)30-14(2)3/h6,8,13-15,17,20-21,31H,4-5,7,9-12H2,1-3H3,(H,32,35)(H,38,39)(H2,30,33,37)/t15-,17-,20+,21+/m1/s1. The molecule has 1 saturated carbocycles. The summed E-state index contributed by atoms with van der Waals surface area (Å²) in [5, 5.41) is 19.1. The predicted octanol–water partition coefficient (Wildman–Crippen LogP) is 4.17. The van der Waals surface area contributed by atoms with Gasteiger partial charge in [0.2, 0.25) is 5.91 Å². The lowest BCUT2D eigenvalue weighted by Gasteiger charge is -2.41. The van der Waals surface area contributed by atoms with Gasteiger partial charge in [0.15, 0.2) is 0 Å². The van der Waals surface area contributed by atoms with Crippen molar-refractivity contribution >= 4 is 29.6 Å². The molecule has 2 fully saturated rings. The number of nitrogens with one attached hydrogen (secondary N) is 4. The molecule has 0 spiro atoms. The molecule has 0 aromatic heterocycles. The van der Waals surface area contributed by atoms with Gasteiger partial charge in [-0.2, -0.15) is 13.2 Å². The van der Waals surface area contributed by atoms with Gasteiger partial charge in [-0.3, -0.25) is 9.59 Å². The molecule has 13 heteroatoms. The summed E-state index contributed by atoms with van der Waals surface area (Å²) >= 11 is 0. The van der Waals surface area contributed by atoms with Gasteiger partial charge in [0.1, 0.15) is 6.04 Å². The van der Waals surface area contributed by atoms with Gasteiger partial charge in [0, 0.05) is 24.7 Å². The lowest BCUT2D eigenvalue weighted by atomic mass is 9.78. The highest BCUT2D eigenvalue weighted by Gasteiger charge is 2.42. The molecule has 39 heavy (non-hydrogen) atoms. The summed E-state index contributed by atoms with van der Waals surface area (Å²) in [5.41, 5.74) is -1.58. The highest BCUT2D eigenvalue weighted by Crippen LogP contribution is 2.35. The molecule has 216 valence electrons. The Bertz CT molecular complexity index is 1080. The Kier molecular flexibility index (Phi) is 9.68. The summed E-state index contributed by atoms with van der Waals surface area (Å²) in [7, 11) is 0. The molecule has 0 radical (unpaired) electrons. The molecule has 5 N–H and O–H groups in total. The van der Waals surface area contributed by atoms with Gasteiger partial charge in [-0.1, -0.05) is 13.3 Å². The lowest BCUT2D eigenvalue weighted by Crippen LogP contribution is -2.51. The first kappa shape index (κ1) is 30.0. The molecular formula is C26H36F3N5O5. The Morgan fingerprint density at radius 1 is 1.13 bits per heavy atom. The Morgan fingerprint density at radius 3 is 2.46 bits per heavy atom. The summed E-state index contributed by atoms with van der Waals surface area (Å²) in [6.07, 6.45) is -2.06. The number of nitrogens with zero attached hydrogens (tertiary/aromatic N) is 1. The molecule has 1 aliphatic carbocycles. The van der Waals surface area contributed by atoms with E-state index in [-0.39, 0.29) is 42.1 Å². The van der Waals surface area contributed by atoms with Crippen LogP contribution in [-0.2, 0) is 11.0 Å². The fourth-order valence-electron chi connectivity index (χ4n) is 5.48. The quantitative estimate of drug-likeness (QED) is 0.328. The van der Waals surface area contributed by atoms with Gasteiger partial charge in [-0.05, 0) is 70.1 Å². The van der Waals surface area contributed by atoms with Crippen molar-refractivity contribution in [2.75, 3.05) is 11.9 Å². The number of carboxylic acid groups (broad SMARTS) is 1. The van der Waals surface area contributed by atoms with E-state index in [4.69, 9.17) is 5.11 Å². The van der Waals surface area contributed by atoms with E-state index in [1.807, 2.05) is 6.92 Å². The molecule has 10 nitrogen and oxygen atoms in total. The van der Waals surface area contributed by atoms with Crippen LogP contribution >= 0.6 is 0 Å². The van der Waals surface area contributed by atoms with E-state index in [0.29, 0.717) is 31.9 Å². The van der Waals surface area contributed by atoms with Crippen molar-refractivity contribution in [1.29, 1.82) is 0 Å². The molecule has 0 unspecified atom stereocenters. The Hall–Kier alpha value is -3.51. The minimum Gasteiger partial charge on any atom is -0.465 e. The van der Waals surface area contributed by atoms with Crippen LogP contribution in [0.2, 0.25) is 0 Å². The number of urea groups is 1. The number of hydrogen-bond donors (Lipinski definition) is 5. The lowest BCUT2D eigenvalue weighted by molar-refractivity contribution is -0.137. The Morgan fingerprint density at radius 2 is 1.85 bits per heavy atom. The molecule has 5 amide bonds. The normalized spacial score (nSPS) is 23.5. The topological polar surface area (TPSA) is 140 Å². The number of anilines is 1. The minimum atomic E-state index is -4.71. The number of likely N-dealkylation sites (tertiary alicyclic amines) is 1. The molecule has 3 rings (SSSR count). The van der Waals surface area contributed by atoms with Gasteiger partial charge < -0.3 is 31.3 Å². The van der Waals surface area contributed by atoms with E-state index >= 15 is 0 Å². The number of carbonyl (C=O) groups excluding carboxylic acids is 3. The third kappa shape index (κ3) is 7.76. The monoisotopic (exact) mass is 555 g/mol. The van der Waals surface area contributed by atoms with Crippen LogP contribution in [0.25, 0.3) is 0 Å². The molecule has 0 bridgehead atoms. The zero-order valence-corrected chi connectivity index (χ0v) is 22.2. The fourth-order valence-corrected chi connectivity index (χ4v) is 5.48.